The highest BCUT2D eigenvalue weighted by atomic mass is 35.5. The summed E-state index contributed by atoms with van der Waals surface area (Å²) in [7, 11) is 0. The topological polar surface area (TPSA) is 0 Å². The molecule has 2 bridgehead atoms. The molecule has 18 heavy (non-hydrogen) atoms. The Bertz CT molecular complexity index is 355. The lowest BCUT2D eigenvalue weighted by Crippen LogP contribution is -2.58. The van der Waals surface area contributed by atoms with Crippen molar-refractivity contribution < 1.29 is 26.3 Å². The molecule has 2 atom stereocenters. The fourth-order valence-electron chi connectivity index (χ4n) is 3.50. The van der Waals surface area contributed by atoms with Crippen LogP contribution in [0.4, 0.5) is 26.3 Å². The Hall–Kier alpha value is -0.390. The number of hydrogen-bond donors (Lipinski definition) is 0. The molecule has 2 rings (SSSR count). The van der Waals surface area contributed by atoms with Crippen LogP contribution in [-0.2, 0) is 0 Å². The molecule has 0 aromatic heterocycles. The van der Waals surface area contributed by atoms with Crippen LogP contribution in [0.25, 0.3) is 0 Å². The third-order valence-corrected chi connectivity index (χ3v) is 4.43. The first-order valence-corrected chi connectivity index (χ1v) is 6.02. The van der Waals surface area contributed by atoms with Gasteiger partial charge in [-0.25, -0.2) is 0 Å². The summed E-state index contributed by atoms with van der Waals surface area (Å²) in [4.78, 5) is 0. The number of hydrogen-bond acceptors (Lipinski definition) is 0. The molecule has 0 aromatic carbocycles. The highest BCUT2D eigenvalue weighted by Crippen LogP contribution is 2.73. The van der Waals surface area contributed by atoms with Crippen LogP contribution in [0, 0.1) is 16.7 Å². The molecule has 7 heteroatoms. The zero-order chi connectivity index (χ0) is 13.8. The van der Waals surface area contributed by atoms with Crippen LogP contribution in [0.1, 0.15) is 19.3 Å². The summed E-state index contributed by atoms with van der Waals surface area (Å²) in [5.74, 6) is -0.873. The van der Waals surface area contributed by atoms with Gasteiger partial charge in [-0.15, -0.1) is 11.6 Å². The van der Waals surface area contributed by atoms with Crippen molar-refractivity contribution in [2.45, 2.75) is 31.6 Å². The maximum absolute atomic E-state index is 13.1. The Kier molecular flexibility index (Phi) is 2.97. The van der Waals surface area contributed by atoms with Crippen LogP contribution < -0.4 is 0 Å². The fourth-order valence-corrected chi connectivity index (χ4v) is 3.84. The Morgan fingerprint density at radius 1 is 1.06 bits per heavy atom. The molecule has 0 saturated heterocycles. The van der Waals surface area contributed by atoms with Gasteiger partial charge in [-0.1, -0.05) is 12.2 Å². The third-order valence-electron chi connectivity index (χ3n) is 4.24. The first-order chi connectivity index (χ1) is 8.10. The molecule has 0 aliphatic heterocycles. The van der Waals surface area contributed by atoms with E-state index in [0.717, 1.165) is 6.08 Å². The maximum atomic E-state index is 13.1. The molecule has 2 aliphatic carbocycles. The second kappa shape index (κ2) is 3.81. The molecule has 0 N–H and O–H groups in total. The molecule has 104 valence electrons. The molecule has 0 amide bonds. The molecule has 0 aromatic rings. The van der Waals surface area contributed by atoms with E-state index < -0.39 is 35.5 Å². The molecule has 0 nitrogen and oxygen atoms in total. The molecule has 0 radical (unpaired) electrons. The van der Waals surface area contributed by atoms with E-state index in [1.807, 2.05) is 0 Å². The van der Waals surface area contributed by atoms with E-state index in [9.17, 15) is 26.3 Å². The second-order valence-corrected chi connectivity index (χ2v) is 5.40. The van der Waals surface area contributed by atoms with E-state index in [0.29, 0.717) is 0 Å². The average molecular weight is 293 g/mol. The third kappa shape index (κ3) is 1.53. The van der Waals surface area contributed by atoms with Crippen molar-refractivity contribution in [2.75, 3.05) is 5.88 Å². The highest BCUT2D eigenvalue weighted by Gasteiger charge is 2.81. The molecule has 1 saturated carbocycles. The lowest BCUT2D eigenvalue weighted by Gasteiger charge is -2.46. The minimum absolute atomic E-state index is 0.112. The van der Waals surface area contributed by atoms with Crippen molar-refractivity contribution in [1.82, 2.24) is 0 Å². The number of halogens is 7. The van der Waals surface area contributed by atoms with Crippen LogP contribution in [0.15, 0.2) is 12.2 Å². The van der Waals surface area contributed by atoms with Crippen LogP contribution >= 0.6 is 11.6 Å². The zero-order valence-corrected chi connectivity index (χ0v) is 9.96. The second-order valence-electron chi connectivity index (χ2n) is 5.02. The molecular formula is C11H11ClF6. The van der Waals surface area contributed by atoms with Crippen molar-refractivity contribution in [3.05, 3.63) is 12.2 Å². The minimum Gasteiger partial charge on any atom is -0.170 e. The summed E-state index contributed by atoms with van der Waals surface area (Å²) in [5, 5.41) is 0. The molecule has 0 heterocycles. The van der Waals surface area contributed by atoms with Gasteiger partial charge in [0.1, 0.15) is 0 Å². The maximum Gasteiger partial charge on any atom is 0.404 e. The van der Waals surface area contributed by atoms with Gasteiger partial charge in [-0.05, 0) is 25.2 Å². The smallest absolute Gasteiger partial charge is 0.170 e. The van der Waals surface area contributed by atoms with Gasteiger partial charge in [0, 0.05) is 11.3 Å². The SMILES string of the molecule is FC(F)(F)C1(C(F)(F)F)CC2C=CC1(CCCl)C2. The summed E-state index contributed by atoms with van der Waals surface area (Å²) >= 11 is 5.43. The van der Waals surface area contributed by atoms with Crippen LogP contribution in [0.3, 0.4) is 0 Å². The van der Waals surface area contributed by atoms with Gasteiger partial charge in [0.05, 0.1) is 0 Å². The van der Waals surface area contributed by atoms with Gasteiger partial charge in [-0.2, -0.15) is 26.3 Å². The first kappa shape index (κ1) is 14.0. The molecular weight excluding hydrogens is 282 g/mol. The fraction of sp³-hybridized carbons (Fsp3) is 0.818. The Balaban J connectivity index is 2.59. The summed E-state index contributed by atoms with van der Waals surface area (Å²) in [6, 6.07) is 0. The number of allylic oxidation sites excluding steroid dienone is 2. The van der Waals surface area contributed by atoms with Crippen molar-refractivity contribution in [1.29, 1.82) is 0 Å². The van der Waals surface area contributed by atoms with E-state index >= 15 is 0 Å². The first-order valence-electron chi connectivity index (χ1n) is 5.48. The van der Waals surface area contributed by atoms with Gasteiger partial charge in [0.2, 0.25) is 0 Å². The predicted molar refractivity (Wildman–Crippen MR) is 54.2 cm³/mol. The molecule has 2 aliphatic rings. The predicted octanol–water partition coefficient (Wildman–Crippen LogP) is 4.69. The Morgan fingerprint density at radius 3 is 2.00 bits per heavy atom. The highest BCUT2D eigenvalue weighted by molar-refractivity contribution is 6.17. The van der Waals surface area contributed by atoms with Gasteiger partial charge in [-0.3, -0.25) is 0 Å². The molecule has 2 unspecified atom stereocenters. The van der Waals surface area contributed by atoms with Crippen LogP contribution in [0.5, 0.6) is 0 Å². The quantitative estimate of drug-likeness (QED) is 0.393. The van der Waals surface area contributed by atoms with E-state index in [2.05, 4.69) is 0 Å². The van der Waals surface area contributed by atoms with Gasteiger partial charge >= 0.3 is 12.4 Å². The summed E-state index contributed by atoms with van der Waals surface area (Å²) in [6.07, 6.45) is -9.40. The largest absolute Gasteiger partial charge is 0.404 e. The van der Waals surface area contributed by atoms with Gasteiger partial charge in [0.15, 0.2) is 5.41 Å². The van der Waals surface area contributed by atoms with E-state index in [1.54, 1.807) is 0 Å². The summed E-state index contributed by atoms with van der Waals surface area (Å²) < 4.78 is 78.8. The average Bonchev–Trinajstić information content (AvgIpc) is 2.70. The van der Waals surface area contributed by atoms with Crippen LogP contribution in [-0.4, -0.2) is 18.2 Å². The zero-order valence-electron chi connectivity index (χ0n) is 9.21. The number of fused-ring (bicyclic) bond motifs is 2. The van der Waals surface area contributed by atoms with E-state index in [-0.39, 0.29) is 18.7 Å². The van der Waals surface area contributed by atoms with Crippen molar-refractivity contribution in [3.8, 4) is 0 Å². The standard InChI is InChI=1S/C11H11ClF6/c12-4-3-8-2-1-7(5-8)6-9(8,10(13,14)15)11(16,17)18/h1-2,7H,3-6H2. The lowest BCUT2D eigenvalue weighted by atomic mass is 9.62. The monoisotopic (exact) mass is 292 g/mol. The minimum atomic E-state index is -5.31. The van der Waals surface area contributed by atoms with E-state index in [1.165, 1.54) is 6.08 Å². The Labute approximate surface area is 105 Å². The molecule has 1 fully saturated rings. The van der Waals surface area contributed by atoms with Crippen molar-refractivity contribution in [2.24, 2.45) is 16.7 Å². The van der Waals surface area contributed by atoms with E-state index in [4.69, 9.17) is 11.6 Å². The number of alkyl halides is 7. The number of rotatable bonds is 2. The summed E-state index contributed by atoms with van der Waals surface area (Å²) in [5.41, 5.74) is -5.56. The lowest BCUT2D eigenvalue weighted by molar-refractivity contribution is -0.365. The Morgan fingerprint density at radius 2 is 1.61 bits per heavy atom. The van der Waals surface area contributed by atoms with Gasteiger partial charge in [0.25, 0.3) is 0 Å². The normalized spacial score (nSPS) is 34.3. The van der Waals surface area contributed by atoms with Crippen molar-refractivity contribution in [3.63, 3.8) is 0 Å². The van der Waals surface area contributed by atoms with Gasteiger partial charge < -0.3 is 0 Å². The van der Waals surface area contributed by atoms with Crippen molar-refractivity contribution >= 4 is 11.6 Å². The summed E-state index contributed by atoms with van der Waals surface area (Å²) in [6.45, 7) is 0. The molecule has 0 spiro atoms. The van der Waals surface area contributed by atoms with Crippen LogP contribution in [0.2, 0.25) is 0 Å².